The lowest BCUT2D eigenvalue weighted by molar-refractivity contribution is 0.178. The fourth-order valence-electron chi connectivity index (χ4n) is 2.73. The molecule has 0 unspecified atom stereocenters. The van der Waals surface area contributed by atoms with Crippen molar-refractivity contribution in [3.05, 3.63) is 63.7 Å². The van der Waals surface area contributed by atoms with Crippen molar-refractivity contribution in [2.24, 2.45) is 11.0 Å². The van der Waals surface area contributed by atoms with Crippen molar-refractivity contribution >= 4 is 0 Å². The number of hydrogen-bond acceptors (Lipinski definition) is 4. The maximum absolute atomic E-state index is 8.69. The van der Waals surface area contributed by atoms with Gasteiger partial charge in [0.2, 0.25) is 5.88 Å². The number of ether oxygens (including phenoxy) is 2. The summed E-state index contributed by atoms with van der Waals surface area (Å²) in [5, 5.41) is 3.69. The maximum atomic E-state index is 8.69. The molecule has 0 atom stereocenters. The highest BCUT2D eigenvalue weighted by atomic mass is 16.5. The fourth-order valence-corrected chi connectivity index (χ4v) is 2.73. The third-order valence-corrected chi connectivity index (χ3v) is 4.38. The molecule has 1 fully saturated rings. The molecule has 0 radical (unpaired) electrons. The van der Waals surface area contributed by atoms with Crippen molar-refractivity contribution in [1.29, 1.82) is 0 Å². The average molecular weight is 338 g/mol. The third kappa shape index (κ3) is 4.64. The number of azide groups is 1. The van der Waals surface area contributed by atoms with Crippen LogP contribution in [0.15, 0.2) is 41.5 Å². The van der Waals surface area contributed by atoms with Gasteiger partial charge in [-0.2, -0.15) is 0 Å². The number of hydrogen-bond donors (Lipinski definition) is 0. The van der Waals surface area contributed by atoms with Gasteiger partial charge in [0.05, 0.1) is 18.7 Å². The topological polar surface area (TPSA) is 80.1 Å². The van der Waals surface area contributed by atoms with Crippen LogP contribution in [0.5, 0.6) is 11.6 Å². The lowest BCUT2D eigenvalue weighted by Gasteiger charge is -2.26. The summed E-state index contributed by atoms with van der Waals surface area (Å²) in [4.78, 5) is 7.34. The minimum atomic E-state index is 0.161. The minimum Gasteiger partial charge on any atom is -0.493 e. The number of rotatable bonds is 8. The molecular weight excluding hydrogens is 316 g/mol. The molecule has 1 aromatic carbocycles. The molecule has 6 heteroatoms. The first-order valence-corrected chi connectivity index (χ1v) is 8.57. The second-order valence-electron chi connectivity index (χ2n) is 6.32. The van der Waals surface area contributed by atoms with Gasteiger partial charge >= 0.3 is 0 Å². The summed E-state index contributed by atoms with van der Waals surface area (Å²) in [5.74, 6) is 1.80. The first-order valence-electron chi connectivity index (χ1n) is 8.57. The Labute approximate surface area is 147 Å². The van der Waals surface area contributed by atoms with Crippen molar-refractivity contribution in [2.75, 3.05) is 6.61 Å². The van der Waals surface area contributed by atoms with Gasteiger partial charge in [-0.3, -0.25) is 0 Å². The van der Waals surface area contributed by atoms with E-state index in [-0.39, 0.29) is 6.54 Å². The van der Waals surface area contributed by atoms with Crippen LogP contribution in [-0.4, -0.2) is 11.6 Å². The number of benzene rings is 1. The van der Waals surface area contributed by atoms with Gasteiger partial charge in [0.25, 0.3) is 0 Å². The monoisotopic (exact) mass is 338 g/mol. The molecule has 130 valence electrons. The van der Waals surface area contributed by atoms with Crippen LogP contribution in [0.25, 0.3) is 10.4 Å². The number of nitrogens with zero attached hydrogens (tertiary/aromatic N) is 4. The van der Waals surface area contributed by atoms with Crippen LogP contribution in [0, 0.1) is 12.8 Å². The van der Waals surface area contributed by atoms with Crippen LogP contribution in [0.2, 0.25) is 0 Å². The molecule has 0 N–H and O–H groups in total. The predicted octanol–water partition coefficient (Wildman–Crippen LogP) is 4.96. The summed E-state index contributed by atoms with van der Waals surface area (Å²) in [7, 11) is 0. The van der Waals surface area contributed by atoms with E-state index in [4.69, 9.17) is 15.0 Å². The normalized spacial score (nSPS) is 13.6. The van der Waals surface area contributed by atoms with Crippen LogP contribution in [0.1, 0.15) is 36.1 Å². The zero-order valence-corrected chi connectivity index (χ0v) is 14.4. The molecule has 1 saturated carbocycles. The van der Waals surface area contributed by atoms with Crippen LogP contribution in [0.3, 0.4) is 0 Å². The first-order chi connectivity index (χ1) is 12.3. The summed E-state index contributed by atoms with van der Waals surface area (Å²) >= 11 is 0. The van der Waals surface area contributed by atoms with Crippen LogP contribution in [-0.2, 0) is 13.2 Å². The summed E-state index contributed by atoms with van der Waals surface area (Å²) in [6, 6.07) is 11.8. The van der Waals surface area contributed by atoms with E-state index in [1.54, 1.807) is 0 Å². The molecule has 0 amide bonds. The Kier molecular flexibility index (Phi) is 5.75. The van der Waals surface area contributed by atoms with Gasteiger partial charge in [-0.1, -0.05) is 41.9 Å². The number of pyridine rings is 1. The molecular formula is C19H22N4O2. The van der Waals surface area contributed by atoms with Crippen LogP contribution < -0.4 is 9.47 Å². The third-order valence-electron chi connectivity index (χ3n) is 4.38. The summed E-state index contributed by atoms with van der Waals surface area (Å²) in [6.45, 7) is 3.16. The highest BCUT2D eigenvalue weighted by Gasteiger charge is 2.20. The molecule has 1 aliphatic rings. The maximum Gasteiger partial charge on any atom is 0.221 e. The van der Waals surface area contributed by atoms with E-state index in [1.807, 2.05) is 43.3 Å². The van der Waals surface area contributed by atoms with E-state index >= 15 is 0 Å². The van der Waals surface area contributed by atoms with Crippen molar-refractivity contribution in [3.63, 3.8) is 0 Å². The van der Waals surface area contributed by atoms with Crippen LogP contribution in [0.4, 0.5) is 0 Å². The smallest absolute Gasteiger partial charge is 0.221 e. The number of aryl methyl sites for hydroxylation is 1. The molecule has 0 aliphatic heterocycles. The Balaban J connectivity index is 1.80. The fraction of sp³-hybridized carbons (Fsp3) is 0.421. The molecule has 0 bridgehead atoms. The number of aromatic nitrogens is 1. The van der Waals surface area contributed by atoms with Crippen molar-refractivity contribution in [2.45, 2.75) is 39.3 Å². The Bertz CT molecular complexity index is 754. The standard InChI is InChI=1S/C19H22N4O2/c1-14-10-18(24-12-16-8-5-9-16)17(11-21-23-20)19(22-14)25-13-15-6-3-2-4-7-15/h2-4,6-7,10,16H,5,8-9,11-13H2,1H3. The van der Waals surface area contributed by atoms with Gasteiger partial charge in [-0.15, -0.1) is 0 Å². The molecule has 6 nitrogen and oxygen atoms in total. The first kappa shape index (κ1) is 17.1. The molecule has 3 rings (SSSR count). The Morgan fingerprint density at radius 3 is 2.72 bits per heavy atom. The van der Waals surface area contributed by atoms with Gasteiger partial charge in [0.1, 0.15) is 12.4 Å². The largest absolute Gasteiger partial charge is 0.493 e. The van der Waals surface area contributed by atoms with E-state index in [9.17, 15) is 0 Å². The Hall–Kier alpha value is -2.72. The van der Waals surface area contributed by atoms with Gasteiger partial charge in [-0.05, 0) is 36.8 Å². The van der Waals surface area contributed by atoms with Gasteiger partial charge in [0.15, 0.2) is 0 Å². The Morgan fingerprint density at radius 2 is 2.04 bits per heavy atom. The molecule has 1 aromatic heterocycles. The molecule has 1 aliphatic carbocycles. The van der Waals surface area contributed by atoms with E-state index < -0.39 is 0 Å². The highest BCUT2D eigenvalue weighted by molar-refractivity contribution is 5.42. The van der Waals surface area contributed by atoms with Crippen molar-refractivity contribution in [3.8, 4) is 11.6 Å². The zero-order valence-electron chi connectivity index (χ0n) is 14.4. The van der Waals surface area contributed by atoms with E-state index in [1.165, 1.54) is 19.3 Å². The molecule has 25 heavy (non-hydrogen) atoms. The van der Waals surface area contributed by atoms with E-state index in [2.05, 4.69) is 15.0 Å². The molecule has 2 aromatic rings. The zero-order chi connectivity index (χ0) is 17.5. The van der Waals surface area contributed by atoms with Gasteiger partial charge in [-0.25, -0.2) is 4.98 Å². The molecule has 0 spiro atoms. The summed E-state index contributed by atoms with van der Waals surface area (Å²) in [5.41, 5.74) is 11.3. The van der Waals surface area contributed by atoms with Gasteiger partial charge in [0, 0.05) is 16.7 Å². The van der Waals surface area contributed by atoms with Crippen molar-refractivity contribution < 1.29 is 9.47 Å². The summed E-state index contributed by atoms with van der Waals surface area (Å²) in [6.07, 6.45) is 3.71. The average Bonchev–Trinajstić information content (AvgIpc) is 2.58. The lowest BCUT2D eigenvalue weighted by Crippen LogP contribution is -2.20. The predicted molar refractivity (Wildman–Crippen MR) is 95.4 cm³/mol. The Morgan fingerprint density at radius 1 is 1.24 bits per heavy atom. The molecule has 1 heterocycles. The quantitative estimate of drug-likeness (QED) is 0.387. The molecule has 0 saturated heterocycles. The van der Waals surface area contributed by atoms with E-state index in [0.717, 1.165) is 11.3 Å². The van der Waals surface area contributed by atoms with Gasteiger partial charge < -0.3 is 9.47 Å². The highest BCUT2D eigenvalue weighted by Crippen LogP contribution is 2.32. The van der Waals surface area contributed by atoms with Crippen molar-refractivity contribution in [1.82, 2.24) is 4.98 Å². The SMILES string of the molecule is Cc1cc(OCC2CCC2)c(CN=[N+]=[N-])c(OCc2ccccc2)n1. The summed E-state index contributed by atoms with van der Waals surface area (Å²) < 4.78 is 11.9. The lowest BCUT2D eigenvalue weighted by atomic mass is 9.86. The van der Waals surface area contributed by atoms with E-state index in [0.29, 0.717) is 36.3 Å². The second kappa shape index (κ2) is 8.40. The van der Waals surface area contributed by atoms with Crippen LogP contribution >= 0.6 is 0 Å². The minimum absolute atomic E-state index is 0.161. The second-order valence-corrected chi connectivity index (χ2v) is 6.32.